The first-order valence-electron chi connectivity index (χ1n) is 10.5. The number of anilines is 3. The monoisotopic (exact) mass is 406 g/mol. The highest BCUT2D eigenvalue weighted by molar-refractivity contribution is 5.84. The van der Waals surface area contributed by atoms with E-state index in [9.17, 15) is 0 Å². The standard InChI is InChI=1S/C20H26N10/c1-11-8-16(29-28-11)25-20-26-18-17(22-12(2)23-18)19(27-20)24-13-9-14-4-5-15(10-13)30(14)7-3-6-21/h8,13-15H,3-5,7,9-10H2,1-2H3,(H4,22,23,24,25,26,27,28,29)/t13-,14-,15+. The Morgan fingerprint density at radius 2 is 2.00 bits per heavy atom. The molecule has 5 heterocycles. The first kappa shape index (κ1) is 18.8. The molecule has 0 spiro atoms. The van der Waals surface area contributed by atoms with Crippen molar-refractivity contribution in [3.05, 3.63) is 17.6 Å². The summed E-state index contributed by atoms with van der Waals surface area (Å²) >= 11 is 0. The number of nitrogens with zero attached hydrogens (tertiary/aromatic N) is 6. The number of aromatic amines is 2. The van der Waals surface area contributed by atoms with E-state index < -0.39 is 0 Å². The van der Waals surface area contributed by atoms with Gasteiger partial charge in [-0.05, 0) is 39.5 Å². The van der Waals surface area contributed by atoms with Gasteiger partial charge in [0, 0.05) is 42.9 Å². The molecule has 30 heavy (non-hydrogen) atoms. The van der Waals surface area contributed by atoms with Gasteiger partial charge in [-0.15, -0.1) is 0 Å². The zero-order valence-corrected chi connectivity index (χ0v) is 17.2. The molecule has 0 aliphatic carbocycles. The van der Waals surface area contributed by atoms with Gasteiger partial charge in [-0.1, -0.05) is 0 Å². The first-order valence-corrected chi connectivity index (χ1v) is 10.5. The van der Waals surface area contributed by atoms with E-state index in [1.165, 1.54) is 12.8 Å². The number of nitriles is 1. The smallest absolute Gasteiger partial charge is 0.232 e. The molecule has 2 fully saturated rings. The Bertz CT molecular complexity index is 1080. The topological polar surface area (TPSA) is 134 Å². The molecule has 3 aromatic rings. The Morgan fingerprint density at radius 3 is 2.70 bits per heavy atom. The number of fused-ring (bicyclic) bond motifs is 3. The van der Waals surface area contributed by atoms with Gasteiger partial charge >= 0.3 is 0 Å². The maximum atomic E-state index is 8.95. The molecule has 3 atom stereocenters. The fourth-order valence-electron chi connectivity index (χ4n) is 4.90. The summed E-state index contributed by atoms with van der Waals surface area (Å²) in [6, 6.07) is 5.60. The molecule has 2 bridgehead atoms. The lowest BCUT2D eigenvalue weighted by Gasteiger charge is -2.39. The minimum Gasteiger partial charge on any atom is -0.365 e. The quantitative estimate of drug-likeness (QED) is 0.491. The molecule has 0 unspecified atom stereocenters. The van der Waals surface area contributed by atoms with Crippen LogP contribution in [0.1, 0.15) is 43.6 Å². The molecule has 0 amide bonds. The van der Waals surface area contributed by atoms with Gasteiger partial charge in [0.25, 0.3) is 0 Å². The second kappa shape index (κ2) is 7.57. The van der Waals surface area contributed by atoms with Crippen LogP contribution < -0.4 is 10.6 Å². The molecule has 2 saturated heterocycles. The van der Waals surface area contributed by atoms with Crippen LogP contribution in [0.25, 0.3) is 11.2 Å². The highest BCUT2D eigenvalue weighted by Gasteiger charge is 2.40. The van der Waals surface area contributed by atoms with Crippen LogP contribution in [-0.4, -0.2) is 59.7 Å². The number of aryl methyl sites for hydroxylation is 2. The molecule has 2 aliphatic rings. The van der Waals surface area contributed by atoms with Gasteiger partial charge in [-0.2, -0.15) is 20.3 Å². The zero-order chi connectivity index (χ0) is 20.7. The SMILES string of the molecule is Cc1cc(Nc2nc(N[C@@H]3C[C@H]4CC[C@@H](C3)N4CCC#N)c3nc(C)[nH]c3n2)n[nH]1. The zero-order valence-electron chi connectivity index (χ0n) is 17.2. The number of piperidine rings is 1. The van der Waals surface area contributed by atoms with Crippen LogP contribution in [0.15, 0.2) is 6.07 Å². The lowest BCUT2D eigenvalue weighted by Crippen LogP contribution is -2.47. The van der Waals surface area contributed by atoms with Crippen LogP contribution in [0.2, 0.25) is 0 Å². The summed E-state index contributed by atoms with van der Waals surface area (Å²) < 4.78 is 0. The van der Waals surface area contributed by atoms with E-state index in [0.29, 0.717) is 42.0 Å². The highest BCUT2D eigenvalue weighted by Crippen LogP contribution is 2.37. The molecule has 0 saturated carbocycles. The van der Waals surface area contributed by atoms with E-state index in [1.807, 2.05) is 19.9 Å². The van der Waals surface area contributed by atoms with Gasteiger partial charge in [-0.25, -0.2) is 4.98 Å². The van der Waals surface area contributed by atoms with E-state index in [4.69, 9.17) is 10.2 Å². The van der Waals surface area contributed by atoms with Crippen molar-refractivity contribution in [2.45, 2.75) is 64.1 Å². The predicted molar refractivity (Wildman–Crippen MR) is 113 cm³/mol. The molecule has 2 aliphatic heterocycles. The van der Waals surface area contributed by atoms with Crippen LogP contribution >= 0.6 is 0 Å². The Balaban J connectivity index is 1.38. The third-order valence-electron chi connectivity index (χ3n) is 6.12. The Morgan fingerprint density at radius 1 is 1.20 bits per heavy atom. The number of imidazole rings is 1. The molecule has 0 aromatic carbocycles. The Kier molecular flexibility index (Phi) is 4.75. The number of hydrogen-bond acceptors (Lipinski definition) is 8. The van der Waals surface area contributed by atoms with E-state index in [1.54, 1.807) is 0 Å². The summed E-state index contributed by atoms with van der Waals surface area (Å²) in [5, 5.41) is 22.9. The van der Waals surface area contributed by atoms with Crippen molar-refractivity contribution in [3.63, 3.8) is 0 Å². The minimum absolute atomic E-state index is 0.330. The van der Waals surface area contributed by atoms with E-state index in [0.717, 1.165) is 42.2 Å². The van der Waals surface area contributed by atoms with Crippen LogP contribution in [0.4, 0.5) is 17.6 Å². The molecule has 5 rings (SSSR count). The lowest BCUT2D eigenvalue weighted by molar-refractivity contribution is 0.136. The number of rotatable bonds is 6. The van der Waals surface area contributed by atoms with Gasteiger partial charge in [0.15, 0.2) is 22.8 Å². The Hall–Kier alpha value is -3.19. The molecule has 3 aromatic heterocycles. The molecule has 0 radical (unpaired) electrons. The van der Waals surface area contributed by atoms with Crippen LogP contribution in [-0.2, 0) is 0 Å². The van der Waals surface area contributed by atoms with E-state index in [-0.39, 0.29) is 0 Å². The van der Waals surface area contributed by atoms with Crippen LogP contribution in [0.5, 0.6) is 0 Å². The predicted octanol–water partition coefficient (Wildman–Crippen LogP) is 2.76. The summed E-state index contributed by atoms with van der Waals surface area (Å²) in [5.41, 5.74) is 2.43. The second-order valence-electron chi connectivity index (χ2n) is 8.32. The molecule has 10 nitrogen and oxygen atoms in total. The normalized spacial score (nSPS) is 23.6. The summed E-state index contributed by atoms with van der Waals surface area (Å²) in [5.74, 6) is 2.71. The first-order chi connectivity index (χ1) is 14.6. The fraction of sp³-hybridized carbons (Fsp3) is 0.550. The van der Waals surface area contributed by atoms with Crippen molar-refractivity contribution in [1.82, 2.24) is 35.0 Å². The van der Waals surface area contributed by atoms with Crippen LogP contribution in [0, 0.1) is 25.2 Å². The van der Waals surface area contributed by atoms with Gasteiger partial charge < -0.3 is 15.6 Å². The van der Waals surface area contributed by atoms with Crippen molar-refractivity contribution >= 4 is 28.7 Å². The lowest BCUT2D eigenvalue weighted by atomic mass is 9.97. The number of hydrogen-bond donors (Lipinski definition) is 4. The highest BCUT2D eigenvalue weighted by atomic mass is 15.3. The second-order valence-corrected chi connectivity index (χ2v) is 8.32. The average molecular weight is 406 g/mol. The van der Waals surface area contributed by atoms with Crippen molar-refractivity contribution in [2.75, 3.05) is 17.2 Å². The minimum atomic E-state index is 0.330. The third kappa shape index (κ3) is 3.57. The van der Waals surface area contributed by atoms with E-state index in [2.05, 4.69) is 46.8 Å². The largest absolute Gasteiger partial charge is 0.365 e. The van der Waals surface area contributed by atoms with Gasteiger partial charge in [0.1, 0.15) is 5.82 Å². The summed E-state index contributed by atoms with van der Waals surface area (Å²) in [7, 11) is 0. The maximum absolute atomic E-state index is 8.95. The van der Waals surface area contributed by atoms with Crippen molar-refractivity contribution in [1.29, 1.82) is 5.26 Å². The molecule has 156 valence electrons. The average Bonchev–Trinajstić information content (AvgIpc) is 3.35. The molecule has 4 N–H and O–H groups in total. The van der Waals surface area contributed by atoms with E-state index >= 15 is 0 Å². The number of aromatic nitrogens is 6. The maximum Gasteiger partial charge on any atom is 0.232 e. The Labute approximate surface area is 174 Å². The summed E-state index contributed by atoms with van der Waals surface area (Å²) in [4.78, 5) is 19.6. The van der Waals surface area contributed by atoms with Gasteiger partial charge in [0.05, 0.1) is 6.07 Å². The van der Waals surface area contributed by atoms with Crippen LogP contribution in [0.3, 0.4) is 0 Å². The molecular weight excluding hydrogens is 380 g/mol. The van der Waals surface area contributed by atoms with Gasteiger partial charge in [0.2, 0.25) is 5.95 Å². The third-order valence-corrected chi connectivity index (χ3v) is 6.12. The molecular formula is C20H26N10. The fourth-order valence-corrected chi connectivity index (χ4v) is 4.90. The molecule has 10 heteroatoms. The summed E-state index contributed by atoms with van der Waals surface area (Å²) in [6.07, 6.45) is 5.13. The van der Waals surface area contributed by atoms with Gasteiger partial charge in [-0.3, -0.25) is 10.00 Å². The number of H-pyrrole nitrogens is 2. The number of nitrogens with one attached hydrogen (secondary N) is 4. The summed E-state index contributed by atoms with van der Waals surface area (Å²) in [6.45, 7) is 4.75. The van der Waals surface area contributed by atoms with Crippen molar-refractivity contribution in [2.24, 2.45) is 0 Å². The van der Waals surface area contributed by atoms with Crippen molar-refractivity contribution in [3.8, 4) is 6.07 Å². The van der Waals surface area contributed by atoms with Crippen molar-refractivity contribution < 1.29 is 0 Å².